The molecule has 0 spiro atoms. The summed E-state index contributed by atoms with van der Waals surface area (Å²) in [6.45, 7) is 1.87. The molecular weight excluding hydrogens is 274 g/mol. The van der Waals surface area contributed by atoms with Crippen molar-refractivity contribution in [2.24, 2.45) is 9.98 Å². The first-order valence-electron chi connectivity index (χ1n) is 6.71. The van der Waals surface area contributed by atoms with E-state index in [0.717, 1.165) is 28.3 Å². The summed E-state index contributed by atoms with van der Waals surface area (Å²) < 4.78 is 5.09. The number of para-hydroxylation sites is 1. The number of allylic oxidation sites excluding steroid dienone is 2. The highest BCUT2D eigenvalue weighted by Crippen LogP contribution is 2.25. The third-order valence-electron chi connectivity index (χ3n) is 3.03. The molecule has 22 heavy (non-hydrogen) atoms. The van der Waals surface area contributed by atoms with E-state index in [4.69, 9.17) is 10.00 Å². The van der Waals surface area contributed by atoms with Crippen LogP contribution in [0, 0.1) is 11.3 Å². The van der Waals surface area contributed by atoms with Gasteiger partial charge in [-0.2, -0.15) is 15.2 Å². The van der Waals surface area contributed by atoms with Gasteiger partial charge in [-0.25, -0.2) is 0 Å². The molecule has 0 aliphatic carbocycles. The lowest BCUT2D eigenvalue weighted by atomic mass is 10.1. The van der Waals surface area contributed by atoms with E-state index in [9.17, 15) is 0 Å². The number of aliphatic imine (C=N–C) groups is 2. The molecule has 108 valence electrons. The van der Waals surface area contributed by atoms with Crippen LogP contribution in [-0.4, -0.2) is 13.1 Å². The normalized spacial score (nSPS) is 10.3. The molecule has 0 fully saturated rings. The molecule has 0 aromatic heterocycles. The van der Waals surface area contributed by atoms with E-state index in [0.29, 0.717) is 0 Å². The Balaban J connectivity index is 2.28. The van der Waals surface area contributed by atoms with Gasteiger partial charge >= 0.3 is 0 Å². The predicted octanol–water partition coefficient (Wildman–Crippen LogP) is 4.76. The molecule has 2 rings (SSSR count). The molecule has 2 aromatic rings. The SMILES string of the molecule is COc1ccc(N=C=Nc2ccccc2/C(C)=C/C#N)cc1. The Kier molecular flexibility index (Phi) is 5.25. The number of hydrogen-bond donors (Lipinski definition) is 0. The first kappa shape index (κ1) is 15.2. The van der Waals surface area contributed by atoms with Crippen LogP contribution in [0.1, 0.15) is 12.5 Å². The van der Waals surface area contributed by atoms with Crippen molar-refractivity contribution >= 4 is 23.0 Å². The smallest absolute Gasteiger partial charge is 0.119 e. The summed E-state index contributed by atoms with van der Waals surface area (Å²) in [5, 5.41) is 8.75. The molecule has 0 aliphatic rings. The molecule has 0 unspecified atom stereocenters. The fourth-order valence-corrected chi connectivity index (χ4v) is 1.87. The van der Waals surface area contributed by atoms with Gasteiger partial charge in [-0.1, -0.05) is 18.2 Å². The molecule has 4 heteroatoms. The number of nitriles is 1. The Labute approximate surface area is 129 Å². The highest BCUT2D eigenvalue weighted by Gasteiger charge is 2.01. The minimum absolute atomic E-state index is 0.726. The van der Waals surface area contributed by atoms with Gasteiger partial charge in [0, 0.05) is 11.6 Å². The van der Waals surface area contributed by atoms with Crippen molar-refractivity contribution in [2.45, 2.75) is 6.92 Å². The average molecular weight is 289 g/mol. The van der Waals surface area contributed by atoms with Crippen molar-refractivity contribution in [1.29, 1.82) is 5.26 Å². The number of rotatable bonds is 4. The van der Waals surface area contributed by atoms with Crippen LogP contribution in [0.5, 0.6) is 5.75 Å². The van der Waals surface area contributed by atoms with Gasteiger partial charge in [0.05, 0.1) is 24.6 Å². The second-order valence-electron chi connectivity index (χ2n) is 4.50. The lowest BCUT2D eigenvalue weighted by Gasteiger charge is -2.02. The first-order valence-corrected chi connectivity index (χ1v) is 6.71. The molecule has 0 atom stereocenters. The predicted molar refractivity (Wildman–Crippen MR) is 87.9 cm³/mol. The summed E-state index contributed by atoms with van der Waals surface area (Å²) in [6, 6.07) is 19.6. The first-order chi connectivity index (χ1) is 10.7. The summed E-state index contributed by atoms with van der Waals surface area (Å²) in [5.74, 6) is 0.776. The second-order valence-corrected chi connectivity index (χ2v) is 4.50. The van der Waals surface area contributed by atoms with Crippen LogP contribution in [0.3, 0.4) is 0 Å². The highest BCUT2D eigenvalue weighted by atomic mass is 16.5. The van der Waals surface area contributed by atoms with Gasteiger partial charge in [0.15, 0.2) is 0 Å². The van der Waals surface area contributed by atoms with Crippen LogP contribution in [-0.2, 0) is 0 Å². The molecular formula is C18H15N3O. The molecule has 0 radical (unpaired) electrons. The van der Waals surface area contributed by atoms with Gasteiger partial charge in [-0.15, -0.1) is 0 Å². The van der Waals surface area contributed by atoms with E-state index in [1.807, 2.05) is 61.5 Å². The molecule has 0 heterocycles. The van der Waals surface area contributed by atoms with Gasteiger partial charge in [0.1, 0.15) is 11.8 Å². The van der Waals surface area contributed by atoms with Crippen LogP contribution in [0.4, 0.5) is 11.4 Å². The van der Waals surface area contributed by atoms with Crippen LogP contribution in [0.2, 0.25) is 0 Å². The minimum atomic E-state index is 0.726. The third-order valence-corrected chi connectivity index (χ3v) is 3.03. The van der Waals surface area contributed by atoms with Crippen molar-refractivity contribution in [2.75, 3.05) is 7.11 Å². The summed E-state index contributed by atoms with van der Waals surface area (Å²) in [7, 11) is 1.62. The lowest BCUT2D eigenvalue weighted by Crippen LogP contribution is -1.80. The van der Waals surface area contributed by atoms with E-state index in [2.05, 4.69) is 16.0 Å². The van der Waals surface area contributed by atoms with Crippen molar-refractivity contribution in [3.05, 3.63) is 60.2 Å². The average Bonchev–Trinajstić information content (AvgIpc) is 2.56. The Bertz CT molecular complexity index is 777. The van der Waals surface area contributed by atoms with E-state index < -0.39 is 0 Å². The Morgan fingerprint density at radius 1 is 1.09 bits per heavy atom. The van der Waals surface area contributed by atoms with Gasteiger partial charge in [-0.3, -0.25) is 0 Å². The number of hydrogen-bond acceptors (Lipinski definition) is 4. The molecule has 0 amide bonds. The molecule has 0 N–H and O–H groups in total. The standard InChI is InChI=1S/C18H15N3O/c1-14(11-12-19)17-5-3-4-6-18(17)21-13-20-15-7-9-16(22-2)10-8-15/h3-11H,1-2H3/b14-11+. The molecule has 0 saturated heterocycles. The third kappa shape index (κ3) is 3.92. The van der Waals surface area contributed by atoms with Crippen molar-refractivity contribution in [1.82, 2.24) is 0 Å². The molecule has 4 nitrogen and oxygen atoms in total. The zero-order chi connectivity index (χ0) is 15.8. The van der Waals surface area contributed by atoms with Gasteiger partial charge < -0.3 is 4.74 Å². The number of benzene rings is 2. The quantitative estimate of drug-likeness (QED) is 0.602. The number of nitrogens with zero attached hydrogens (tertiary/aromatic N) is 3. The zero-order valence-corrected chi connectivity index (χ0v) is 12.4. The van der Waals surface area contributed by atoms with E-state index in [-0.39, 0.29) is 0 Å². The van der Waals surface area contributed by atoms with Crippen LogP contribution >= 0.6 is 0 Å². The Morgan fingerprint density at radius 3 is 2.50 bits per heavy atom. The molecule has 0 aliphatic heterocycles. The largest absolute Gasteiger partial charge is 0.497 e. The highest BCUT2D eigenvalue weighted by molar-refractivity contribution is 5.76. The maximum atomic E-state index is 8.75. The summed E-state index contributed by atoms with van der Waals surface area (Å²) in [6.07, 6.45) is 1.50. The topological polar surface area (TPSA) is 57.7 Å². The molecule has 0 saturated carbocycles. The summed E-state index contributed by atoms with van der Waals surface area (Å²) >= 11 is 0. The van der Waals surface area contributed by atoms with Crippen molar-refractivity contribution in [3.63, 3.8) is 0 Å². The molecule has 2 aromatic carbocycles. The minimum Gasteiger partial charge on any atom is -0.497 e. The Morgan fingerprint density at radius 2 is 1.82 bits per heavy atom. The monoisotopic (exact) mass is 289 g/mol. The van der Waals surface area contributed by atoms with Crippen LogP contribution in [0.25, 0.3) is 5.57 Å². The maximum Gasteiger partial charge on any atom is 0.119 e. The fourth-order valence-electron chi connectivity index (χ4n) is 1.87. The van der Waals surface area contributed by atoms with Crippen LogP contribution in [0.15, 0.2) is 64.6 Å². The zero-order valence-electron chi connectivity index (χ0n) is 12.4. The maximum absolute atomic E-state index is 8.75. The lowest BCUT2D eigenvalue weighted by molar-refractivity contribution is 0.415. The second kappa shape index (κ2) is 7.58. The number of methoxy groups -OCH3 is 1. The van der Waals surface area contributed by atoms with Gasteiger partial charge in [0.25, 0.3) is 0 Å². The van der Waals surface area contributed by atoms with Crippen LogP contribution < -0.4 is 4.74 Å². The summed E-state index contributed by atoms with van der Waals surface area (Å²) in [4.78, 5) is 8.42. The van der Waals surface area contributed by atoms with Crippen molar-refractivity contribution < 1.29 is 4.74 Å². The van der Waals surface area contributed by atoms with Crippen molar-refractivity contribution in [3.8, 4) is 11.8 Å². The summed E-state index contributed by atoms with van der Waals surface area (Å²) in [5.41, 5.74) is 3.21. The molecule has 0 bridgehead atoms. The van der Waals surface area contributed by atoms with E-state index in [1.165, 1.54) is 6.08 Å². The Hall–Kier alpha value is -3.15. The van der Waals surface area contributed by atoms with Gasteiger partial charge in [0.2, 0.25) is 0 Å². The van der Waals surface area contributed by atoms with Gasteiger partial charge in [-0.05, 0) is 42.8 Å². The fraction of sp³-hybridized carbons (Fsp3) is 0.111. The van der Waals surface area contributed by atoms with E-state index >= 15 is 0 Å². The van der Waals surface area contributed by atoms with E-state index in [1.54, 1.807) is 7.11 Å². The number of ether oxygens (including phenoxy) is 1.